The van der Waals surface area contributed by atoms with Crippen molar-refractivity contribution >= 4 is 11.3 Å². The first-order valence-electron chi connectivity index (χ1n) is 7.68. The number of hydrogen-bond acceptors (Lipinski definition) is 3. The Balaban J connectivity index is 2.20. The number of nitrogens with one attached hydrogen (secondary N) is 1. The normalized spacial score (nSPS) is 28.0. The molecule has 0 spiro atoms. The highest BCUT2D eigenvalue weighted by atomic mass is 32.1. The molecule has 1 N–H and O–H groups in total. The summed E-state index contributed by atoms with van der Waals surface area (Å²) in [7, 11) is 0. The smallest absolute Gasteiger partial charge is 0.113 e. The Kier molecular flexibility index (Phi) is 4.67. The van der Waals surface area contributed by atoms with Crippen LogP contribution in [0.15, 0.2) is 0 Å². The lowest BCUT2D eigenvalue weighted by Gasteiger charge is -2.40. The van der Waals surface area contributed by atoms with Crippen LogP contribution in [0.4, 0.5) is 0 Å². The second-order valence-electron chi connectivity index (χ2n) is 6.35. The number of rotatable bonds is 4. The van der Waals surface area contributed by atoms with E-state index in [1.807, 2.05) is 11.3 Å². The minimum atomic E-state index is 0.157. The predicted molar refractivity (Wildman–Crippen MR) is 83.7 cm³/mol. The third-order valence-electron chi connectivity index (χ3n) is 4.78. The van der Waals surface area contributed by atoms with Crippen LogP contribution in [0.5, 0.6) is 0 Å². The molecule has 2 rings (SSSR count). The van der Waals surface area contributed by atoms with Gasteiger partial charge in [0.05, 0.1) is 11.2 Å². The molecule has 0 bridgehead atoms. The van der Waals surface area contributed by atoms with Gasteiger partial charge >= 0.3 is 0 Å². The van der Waals surface area contributed by atoms with Gasteiger partial charge in [-0.3, -0.25) is 0 Å². The zero-order valence-corrected chi connectivity index (χ0v) is 13.9. The average molecular weight is 280 g/mol. The second kappa shape index (κ2) is 5.92. The molecule has 0 radical (unpaired) electrons. The Morgan fingerprint density at radius 3 is 2.37 bits per heavy atom. The maximum Gasteiger partial charge on any atom is 0.113 e. The largest absolute Gasteiger partial charge is 0.306 e. The van der Waals surface area contributed by atoms with Gasteiger partial charge in [-0.15, -0.1) is 11.3 Å². The summed E-state index contributed by atoms with van der Waals surface area (Å²) in [6.45, 7) is 12.3. The highest BCUT2D eigenvalue weighted by Gasteiger charge is 2.39. The fraction of sp³-hybridized carbons (Fsp3) is 0.812. The SMILES string of the molecule is CCNC1(c2nc(C)c(C)s2)CCC(C(C)C)CC1. The molecule has 1 aliphatic carbocycles. The lowest BCUT2D eigenvalue weighted by atomic mass is 9.73. The van der Waals surface area contributed by atoms with Crippen molar-refractivity contribution < 1.29 is 0 Å². The quantitative estimate of drug-likeness (QED) is 0.883. The standard InChI is InChI=1S/C16H28N2S/c1-6-17-16(15-18-12(4)13(5)19-15)9-7-14(8-10-16)11(2)3/h11,14,17H,6-10H2,1-5H3. The molecule has 0 unspecified atom stereocenters. The van der Waals surface area contributed by atoms with Crippen molar-refractivity contribution in [1.29, 1.82) is 0 Å². The van der Waals surface area contributed by atoms with Gasteiger partial charge in [-0.05, 0) is 57.9 Å². The highest BCUT2D eigenvalue weighted by Crippen LogP contribution is 2.43. The van der Waals surface area contributed by atoms with E-state index in [0.29, 0.717) is 0 Å². The van der Waals surface area contributed by atoms with Crippen molar-refractivity contribution in [2.24, 2.45) is 11.8 Å². The van der Waals surface area contributed by atoms with Crippen LogP contribution in [0.1, 0.15) is 62.0 Å². The van der Waals surface area contributed by atoms with Crippen LogP contribution in [0.25, 0.3) is 0 Å². The van der Waals surface area contributed by atoms with E-state index in [4.69, 9.17) is 4.98 Å². The molecule has 0 amide bonds. The van der Waals surface area contributed by atoms with Crippen molar-refractivity contribution in [2.45, 2.75) is 65.8 Å². The number of hydrogen-bond donors (Lipinski definition) is 1. The molecular formula is C16H28N2S. The number of aromatic nitrogens is 1. The van der Waals surface area contributed by atoms with Crippen LogP contribution >= 0.6 is 11.3 Å². The second-order valence-corrected chi connectivity index (χ2v) is 7.56. The first kappa shape index (κ1) is 15.0. The summed E-state index contributed by atoms with van der Waals surface area (Å²) in [6, 6.07) is 0. The summed E-state index contributed by atoms with van der Waals surface area (Å²) in [5, 5.41) is 5.09. The average Bonchev–Trinajstić information content (AvgIpc) is 2.71. The highest BCUT2D eigenvalue weighted by molar-refractivity contribution is 7.11. The fourth-order valence-electron chi connectivity index (χ4n) is 3.28. The van der Waals surface area contributed by atoms with E-state index in [-0.39, 0.29) is 5.54 Å². The van der Waals surface area contributed by atoms with Crippen LogP contribution < -0.4 is 5.32 Å². The molecular weight excluding hydrogens is 252 g/mol. The number of thiazole rings is 1. The van der Waals surface area contributed by atoms with Gasteiger partial charge in [0, 0.05) is 4.88 Å². The van der Waals surface area contributed by atoms with Gasteiger partial charge in [0.1, 0.15) is 5.01 Å². The van der Waals surface area contributed by atoms with Gasteiger partial charge in [-0.1, -0.05) is 20.8 Å². The Labute approximate surface area is 122 Å². The molecule has 108 valence electrons. The lowest BCUT2D eigenvalue weighted by molar-refractivity contribution is 0.162. The molecule has 1 aromatic heterocycles. The summed E-state index contributed by atoms with van der Waals surface area (Å²) in [4.78, 5) is 6.22. The van der Waals surface area contributed by atoms with Crippen molar-refractivity contribution in [3.8, 4) is 0 Å². The summed E-state index contributed by atoms with van der Waals surface area (Å²) < 4.78 is 0. The lowest BCUT2D eigenvalue weighted by Crippen LogP contribution is -2.45. The van der Waals surface area contributed by atoms with E-state index < -0.39 is 0 Å². The van der Waals surface area contributed by atoms with Crippen LogP contribution in [-0.2, 0) is 5.54 Å². The maximum atomic E-state index is 4.85. The Bertz CT molecular complexity index is 395. The van der Waals surface area contributed by atoms with Crippen molar-refractivity contribution in [1.82, 2.24) is 10.3 Å². The van der Waals surface area contributed by atoms with E-state index in [0.717, 1.165) is 18.4 Å². The topological polar surface area (TPSA) is 24.9 Å². The minimum absolute atomic E-state index is 0.157. The van der Waals surface area contributed by atoms with Crippen LogP contribution in [0, 0.1) is 25.7 Å². The van der Waals surface area contributed by atoms with Gasteiger partial charge in [0.25, 0.3) is 0 Å². The van der Waals surface area contributed by atoms with E-state index in [2.05, 4.69) is 39.9 Å². The monoisotopic (exact) mass is 280 g/mol. The molecule has 19 heavy (non-hydrogen) atoms. The van der Waals surface area contributed by atoms with Gasteiger partial charge in [-0.25, -0.2) is 4.98 Å². The van der Waals surface area contributed by atoms with Crippen LogP contribution in [0.2, 0.25) is 0 Å². The summed E-state index contributed by atoms with van der Waals surface area (Å²) in [6.07, 6.45) is 5.16. The maximum absolute atomic E-state index is 4.85. The summed E-state index contributed by atoms with van der Waals surface area (Å²) >= 11 is 1.90. The predicted octanol–water partition coefficient (Wildman–Crippen LogP) is 4.41. The molecule has 1 fully saturated rings. The van der Waals surface area contributed by atoms with E-state index >= 15 is 0 Å². The van der Waals surface area contributed by atoms with Crippen LogP contribution in [-0.4, -0.2) is 11.5 Å². The molecule has 0 aromatic carbocycles. The third-order valence-corrected chi connectivity index (χ3v) is 6.06. The molecule has 1 heterocycles. The van der Waals surface area contributed by atoms with Gasteiger partial charge in [0.2, 0.25) is 0 Å². The number of nitrogens with zero attached hydrogens (tertiary/aromatic N) is 1. The molecule has 1 aliphatic rings. The van der Waals surface area contributed by atoms with Crippen molar-refractivity contribution in [2.75, 3.05) is 6.54 Å². The Morgan fingerprint density at radius 2 is 1.95 bits per heavy atom. The molecule has 2 nitrogen and oxygen atoms in total. The summed E-state index contributed by atoms with van der Waals surface area (Å²) in [5.74, 6) is 1.72. The Hall–Kier alpha value is -0.410. The van der Waals surface area contributed by atoms with Crippen LogP contribution in [0.3, 0.4) is 0 Å². The van der Waals surface area contributed by atoms with Gasteiger partial charge in [0.15, 0.2) is 0 Å². The van der Waals surface area contributed by atoms with E-state index in [1.54, 1.807) is 0 Å². The van der Waals surface area contributed by atoms with Crippen molar-refractivity contribution in [3.05, 3.63) is 15.6 Å². The zero-order chi connectivity index (χ0) is 14.0. The molecule has 0 saturated heterocycles. The summed E-state index contributed by atoms with van der Waals surface area (Å²) in [5.41, 5.74) is 1.37. The van der Waals surface area contributed by atoms with E-state index in [9.17, 15) is 0 Å². The molecule has 0 atom stereocenters. The van der Waals surface area contributed by atoms with Gasteiger partial charge in [-0.2, -0.15) is 0 Å². The molecule has 3 heteroatoms. The molecule has 0 aliphatic heterocycles. The fourth-order valence-corrected chi connectivity index (χ4v) is 4.42. The minimum Gasteiger partial charge on any atom is -0.306 e. The zero-order valence-electron chi connectivity index (χ0n) is 13.0. The van der Waals surface area contributed by atoms with E-state index in [1.165, 1.54) is 41.3 Å². The third kappa shape index (κ3) is 3.03. The first-order valence-corrected chi connectivity index (χ1v) is 8.49. The van der Waals surface area contributed by atoms with Gasteiger partial charge < -0.3 is 5.32 Å². The first-order chi connectivity index (χ1) is 8.98. The molecule has 1 saturated carbocycles. The molecule has 1 aromatic rings. The number of aryl methyl sites for hydroxylation is 2. The Morgan fingerprint density at radius 1 is 1.32 bits per heavy atom. The van der Waals surface area contributed by atoms with Crippen molar-refractivity contribution in [3.63, 3.8) is 0 Å².